The fourth-order valence-corrected chi connectivity index (χ4v) is 1.94. The highest BCUT2D eigenvalue weighted by molar-refractivity contribution is 5.82. The highest BCUT2D eigenvalue weighted by Crippen LogP contribution is 2.30. The number of carbonyl (C=O) groups is 1. The van der Waals surface area contributed by atoms with Crippen molar-refractivity contribution in [3.63, 3.8) is 0 Å². The van der Waals surface area contributed by atoms with Gasteiger partial charge in [0.05, 0.1) is 26.4 Å². The summed E-state index contributed by atoms with van der Waals surface area (Å²) in [7, 11) is 3.10. The normalized spacial score (nSPS) is 13.3. The molecule has 0 aliphatic rings. The summed E-state index contributed by atoms with van der Waals surface area (Å²) < 4.78 is 15.8. The molecule has 124 valence electrons. The molecule has 0 saturated carbocycles. The van der Waals surface area contributed by atoms with Crippen LogP contribution in [0.3, 0.4) is 0 Å². The van der Waals surface area contributed by atoms with E-state index in [2.05, 4.69) is 5.32 Å². The van der Waals surface area contributed by atoms with Gasteiger partial charge in [-0.1, -0.05) is 13.0 Å². The molecular formula is C16H26N2O4. The minimum Gasteiger partial charge on any atom is -0.493 e. The van der Waals surface area contributed by atoms with Crippen LogP contribution in [0, 0.1) is 0 Å². The summed E-state index contributed by atoms with van der Waals surface area (Å²) in [5.41, 5.74) is 6.62. The van der Waals surface area contributed by atoms with E-state index in [4.69, 9.17) is 19.9 Å². The second-order valence-electron chi connectivity index (χ2n) is 5.05. The van der Waals surface area contributed by atoms with E-state index in [9.17, 15) is 4.79 Å². The molecule has 1 aromatic rings. The van der Waals surface area contributed by atoms with Crippen molar-refractivity contribution in [2.45, 2.75) is 32.4 Å². The smallest absolute Gasteiger partial charge is 0.239 e. The predicted molar refractivity (Wildman–Crippen MR) is 85.2 cm³/mol. The number of amides is 1. The highest BCUT2D eigenvalue weighted by atomic mass is 16.5. The Kier molecular flexibility index (Phi) is 7.70. The zero-order valence-corrected chi connectivity index (χ0v) is 13.7. The van der Waals surface area contributed by atoms with Crippen LogP contribution < -0.4 is 20.5 Å². The lowest BCUT2D eigenvalue weighted by molar-refractivity contribution is -0.124. The summed E-state index contributed by atoms with van der Waals surface area (Å²) in [6.45, 7) is 4.75. The number of ether oxygens (including phenoxy) is 3. The van der Waals surface area contributed by atoms with Crippen LogP contribution in [0.5, 0.6) is 11.5 Å². The third-order valence-corrected chi connectivity index (χ3v) is 3.19. The van der Waals surface area contributed by atoms with Gasteiger partial charge in [-0.2, -0.15) is 0 Å². The third kappa shape index (κ3) is 5.20. The van der Waals surface area contributed by atoms with Crippen LogP contribution in [0.15, 0.2) is 18.2 Å². The number of benzene rings is 1. The quantitative estimate of drug-likeness (QED) is 0.724. The molecule has 0 aliphatic heterocycles. The van der Waals surface area contributed by atoms with Crippen molar-refractivity contribution in [2.75, 3.05) is 27.4 Å². The summed E-state index contributed by atoms with van der Waals surface area (Å²) in [5.74, 6) is 1.09. The molecule has 0 aliphatic carbocycles. The lowest BCUT2D eigenvalue weighted by Gasteiger charge is -2.19. The maximum atomic E-state index is 11.9. The Labute approximate surface area is 131 Å². The molecule has 0 radical (unpaired) electrons. The van der Waals surface area contributed by atoms with Gasteiger partial charge in [-0.3, -0.25) is 4.79 Å². The molecular weight excluding hydrogens is 284 g/mol. The summed E-state index contributed by atoms with van der Waals surface area (Å²) >= 11 is 0. The van der Waals surface area contributed by atoms with Crippen molar-refractivity contribution in [1.82, 2.24) is 5.32 Å². The standard InChI is InChI=1S/C16H26N2O4/c1-5-8-22-14-7-6-12(9-15(14)21-4)11(2)18-16(19)13(17)10-20-3/h6-7,9,11,13H,5,8,10,17H2,1-4H3,(H,18,19). The predicted octanol–water partition coefficient (Wildman–Crippen LogP) is 1.63. The van der Waals surface area contributed by atoms with Gasteiger partial charge in [0.1, 0.15) is 6.04 Å². The SMILES string of the molecule is CCCOc1ccc(C(C)NC(=O)C(N)COC)cc1OC. The molecule has 6 nitrogen and oxygen atoms in total. The Balaban J connectivity index is 2.77. The van der Waals surface area contributed by atoms with Gasteiger partial charge < -0.3 is 25.3 Å². The van der Waals surface area contributed by atoms with Gasteiger partial charge in [0.25, 0.3) is 0 Å². The van der Waals surface area contributed by atoms with Gasteiger partial charge in [-0.15, -0.1) is 0 Å². The van der Waals surface area contributed by atoms with Crippen LogP contribution in [0.1, 0.15) is 31.9 Å². The third-order valence-electron chi connectivity index (χ3n) is 3.19. The average Bonchev–Trinajstić information content (AvgIpc) is 2.52. The molecule has 3 N–H and O–H groups in total. The summed E-state index contributed by atoms with van der Waals surface area (Å²) in [4.78, 5) is 11.9. The molecule has 0 bridgehead atoms. The molecule has 22 heavy (non-hydrogen) atoms. The van der Waals surface area contributed by atoms with Gasteiger partial charge >= 0.3 is 0 Å². The van der Waals surface area contributed by atoms with Gasteiger partial charge in [0.2, 0.25) is 5.91 Å². The second kappa shape index (κ2) is 9.27. The first-order chi connectivity index (χ1) is 10.5. The number of methoxy groups -OCH3 is 2. The molecule has 2 unspecified atom stereocenters. The van der Waals surface area contributed by atoms with E-state index in [0.29, 0.717) is 18.1 Å². The first-order valence-corrected chi connectivity index (χ1v) is 7.39. The van der Waals surface area contributed by atoms with Gasteiger partial charge in [0, 0.05) is 7.11 Å². The van der Waals surface area contributed by atoms with Crippen molar-refractivity contribution in [3.05, 3.63) is 23.8 Å². The number of rotatable bonds is 9. The second-order valence-corrected chi connectivity index (χ2v) is 5.05. The topological polar surface area (TPSA) is 82.8 Å². The van der Waals surface area contributed by atoms with E-state index in [-0.39, 0.29) is 18.6 Å². The van der Waals surface area contributed by atoms with Gasteiger partial charge in [-0.05, 0) is 31.0 Å². The van der Waals surface area contributed by atoms with Crippen LogP contribution in [-0.4, -0.2) is 39.4 Å². The van der Waals surface area contributed by atoms with E-state index >= 15 is 0 Å². The molecule has 1 rings (SSSR count). The lowest BCUT2D eigenvalue weighted by Crippen LogP contribution is -2.44. The number of hydrogen-bond donors (Lipinski definition) is 2. The van der Waals surface area contributed by atoms with E-state index in [1.165, 1.54) is 7.11 Å². The Morgan fingerprint density at radius 1 is 1.32 bits per heavy atom. The van der Waals surface area contributed by atoms with Crippen molar-refractivity contribution < 1.29 is 19.0 Å². The number of nitrogens with two attached hydrogens (primary N) is 1. The summed E-state index contributed by atoms with van der Waals surface area (Å²) in [5, 5.41) is 2.85. The number of hydrogen-bond acceptors (Lipinski definition) is 5. The van der Waals surface area contributed by atoms with E-state index in [1.807, 2.05) is 32.0 Å². The molecule has 6 heteroatoms. The fourth-order valence-electron chi connectivity index (χ4n) is 1.94. The Morgan fingerprint density at radius 3 is 2.64 bits per heavy atom. The van der Waals surface area contributed by atoms with Crippen LogP contribution >= 0.6 is 0 Å². The highest BCUT2D eigenvalue weighted by Gasteiger charge is 2.17. The first kappa shape index (κ1) is 18.3. The van der Waals surface area contributed by atoms with Crippen LogP contribution in [-0.2, 0) is 9.53 Å². The molecule has 0 fully saturated rings. The van der Waals surface area contributed by atoms with Crippen LogP contribution in [0.4, 0.5) is 0 Å². The maximum absolute atomic E-state index is 11.9. The zero-order valence-electron chi connectivity index (χ0n) is 13.7. The van der Waals surface area contributed by atoms with Crippen LogP contribution in [0.2, 0.25) is 0 Å². The largest absolute Gasteiger partial charge is 0.493 e. The van der Waals surface area contributed by atoms with Crippen LogP contribution in [0.25, 0.3) is 0 Å². The molecule has 2 atom stereocenters. The Bertz CT molecular complexity index is 479. The van der Waals surface area contributed by atoms with Gasteiger partial charge in [0.15, 0.2) is 11.5 Å². The number of nitrogens with one attached hydrogen (secondary N) is 1. The Hall–Kier alpha value is -1.79. The average molecular weight is 310 g/mol. The summed E-state index contributed by atoms with van der Waals surface area (Å²) in [6.07, 6.45) is 0.925. The molecule has 0 spiro atoms. The fraction of sp³-hybridized carbons (Fsp3) is 0.562. The van der Waals surface area contributed by atoms with E-state index in [0.717, 1.165) is 12.0 Å². The van der Waals surface area contributed by atoms with E-state index in [1.54, 1.807) is 7.11 Å². The minimum atomic E-state index is -0.679. The van der Waals surface area contributed by atoms with Crippen molar-refractivity contribution in [1.29, 1.82) is 0 Å². The number of carbonyl (C=O) groups excluding carboxylic acids is 1. The van der Waals surface area contributed by atoms with Crippen molar-refractivity contribution >= 4 is 5.91 Å². The lowest BCUT2D eigenvalue weighted by atomic mass is 10.1. The van der Waals surface area contributed by atoms with Gasteiger partial charge in [-0.25, -0.2) is 0 Å². The van der Waals surface area contributed by atoms with E-state index < -0.39 is 6.04 Å². The summed E-state index contributed by atoms with van der Waals surface area (Å²) in [6, 6.07) is 4.74. The minimum absolute atomic E-state index is 0.186. The Morgan fingerprint density at radius 2 is 2.05 bits per heavy atom. The molecule has 0 aromatic heterocycles. The zero-order chi connectivity index (χ0) is 16.5. The molecule has 0 saturated heterocycles. The first-order valence-electron chi connectivity index (χ1n) is 7.39. The molecule has 0 heterocycles. The monoisotopic (exact) mass is 310 g/mol. The molecule has 1 amide bonds. The maximum Gasteiger partial charge on any atom is 0.239 e. The van der Waals surface area contributed by atoms with Crippen molar-refractivity contribution in [2.24, 2.45) is 5.73 Å². The molecule has 1 aromatic carbocycles. The van der Waals surface area contributed by atoms with Crippen molar-refractivity contribution in [3.8, 4) is 11.5 Å².